The number of carbonyl (C=O) groups is 2. The lowest BCUT2D eigenvalue weighted by molar-refractivity contribution is -0.135. The zero-order chi connectivity index (χ0) is 18.1. The Morgan fingerprint density at radius 3 is 2.85 bits per heavy atom. The lowest BCUT2D eigenvalue weighted by Gasteiger charge is -2.23. The van der Waals surface area contributed by atoms with E-state index in [1.165, 1.54) is 0 Å². The summed E-state index contributed by atoms with van der Waals surface area (Å²) >= 11 is 1.61. The van der Waals surface area contributed by atoms with Gasteiger partial charge in [0.1, 0.15) is 13.2 Å². The molecular weight excluding hydrogens is 352 g/mol. The van der Waals surface area contributed by atoms with Crippen LogP contribution >= 0.6 is 11.3 Å². The zero-order valence-electron chi connectivity index (χ0n) is 14.5. The molecule has 3 heterocycles. The van der Waals surface area contributed by atoms with E-state index in [2.05, 4.69) is 0 Å². The first kappa shape index (κ1) is 16.9. The molecule has 7 heteroatoms. The summed E-state index contributed by atoms with van der Waals surface area (Å²) < 4.78 is 11.1. The molecule has 6 nitrogen and oxygen atoms in total. The van der Waals surface area contributed by atoms with Gasteiger partial charge in [0.15, 0.2) is 11.5 Å². The highest BCUT2D eigenvalue weighted by Gasteiger charge is 2.36. The van der Waals surface area contributed by atoms with E-state index in [0.29, 0.717) is 37.8 Å². The Bertz CT molecular complexity index is 821. The number of benzene rings is 1. The molecule has 2 aliphatic rings. The summed E-state index contributed by atoms with van der Waals surface area (Å²) in [6, 6.07) is 7.48. The largest absolute Gasteiger partial charge is 0.486 e. The quantitative estimate of drug-likeness (QED) is 0.828. The number of thiophene rings is 1. The summed E-state index contributed by atoms with van der Waals surface area (Å²) in [5.41, 5.74) is 1.86. The second-order valence-corrected chi connectivity index (χ2v) is 7.34. The fraction of sp³-hybridized carbons (Fsp3) is 0.368. The van der Waals surface area contributed by atoms with Crippen molar-refractivity contribution in [2.75, 3.05) is 31.7 Å². The lowest BCUT2D eigenvalue weighted by atomic mass is 10.1. The van der Waals surface area contributed by atoms with Crippen LogP contribution < -0.4 is 14.4 Å². The van der Waals surface area contributed by atoms with Crippen molar-refractivity contribution in [2.45, 2.75) is 13.0 Å². The standard InChI is InChI=1S/C19H20N2O4S/c1-20(10-13-4-7-26-12-13)19(23)14-8-18(22)21(11-14)15-2-3-16-17(9-15)25-6-5-24-16/h2-4,7,9,12,14H,5-6,8,10-11H2,1H3. The van der Waals surface area contributed by atoms with Crippen LogP contribution in [0, 0.1) is 5.92 Å². The molecule has 0 spiro atoms. The highest BCUT2D eigenvalue weighted by molar-refractivity contribution is 7.07. The summed E-state index contributed by atoms with van der Waals surface area (Å²) in [5.74, 6) is 0.980. The minimum atomic E-state index is -0.320. The van der Waals surface area contributed by atoms with Gasteiger partial charge in [-0.05, 0) is 34.5 Å². The van der Waals surface area contributed by atoms with E-state index in [9.17, 15) is 9.59 Å². The number of nitrogens with zero attached hydrogens (tertiary/aromatic N) is 2. The van der Waals surface area contributed by atoms with Gasteiger partial charge < -0.3 is 19.3 Å². The third-order valence-corrected chi connectivity index (χ3v) is 5.42. The Kier molecular flexibility index (Phi) is 4.55. The molecule has 1 atom stereocenters. The van der Waals surface area contributed by atoms with Gasteiger partial charge in [0, 0.05) is 38.3 Å². The van der Waals surface area contributed by atoms with Gasteiger partial charge in [0.05, 0.1) is 5.92 Å². The SMILES string of the molecule is CN(Cc1ccsc1)C(=O)C1CC(=O)N(c2ccc3c(c2)OCCO3)C1. The van der Waals surface area contributed by atoms with Crippen molar-refractivity contribution in [3.05, 3.63) is 40.6 Å². The molecule has 26 heavy (non-hydrogen) atoms. The van der Waals surface area contributed by atoms with Gasteiger partial charge >= 0.3 is 0 Å². The molecule has 136 valence electrons. The van der Waals surface area contributed by atoms with E-state index in [0.717, 1.165) is 11.3 Å². The molecule has 0 saturated carbocycles. The van der Waals surface area contributed by atoms with Crippen molar-refractivity contribution >= 4 is 28.8 Å². The van der Waals surface area contributed by atoms with Gasteiger partial charge in [0.2, 0.25) is 11.8 Å². The van der Waals surface area contributed by atoms with Crippen LogP contribution in [0.3, 0.4) is 0 Å². The number of amides is 2. The first-order valence-corrected chi connectivity index (χ1v) is 9.52. The van der Waals surface area contributed by atoms with Crippen LogP contribution in [0.15, 0.2) is 35.0 Å². The van der Waals surface area contributed by atoms with Crippen molar-refractivity contribution in [3.63, 3.8) is 0 Å². The highest BCUT2D eigenvalue weighted by atomic mass is 32.1. The molecule has 4 rings (SSSR count). The van der Waals surface area contributed by atoms with E-state index in [1.807, 2.05) is 35.0 Å². The van der Waals surface area contributed by atoms with E-state index < -0.39 is 0 Å². The van der Waals surface area contributed by atoms with Crippen molar-refractivity contribution < 1.29 is 19.1 Å². The van der Waals surface area contributed by atoms with Crippen LogP contribution in [0.25, 0.3) is 0 Å². The molecule has 2 aliphatic heterocycles. The maximum Gasteiger partial charge on any atom is 0.228 e. The highest BCUT2D eigenvalue weighted by Crippen LogP contribution is 2.36. The number of anilines is 1. The summed E-state index contributed by atoms with van der Waals surface area (Å²) in [7, 11) is 1.79. The second-order valence-electron chi connectivity index (χ2n) is 6.56. The minimum absolute atomic E-state index is 0.00425. The topological polar surface area (TPSA) is 59.1 Å². The maximum atomic E-state index is 12.7. The van der Waals surface area contributed by atoms with E-state index in [1.54, 1.807) is 28.2 Å². The Labute approximate surface area is 155 Å². The summed E-state index contributed by atoms with van der Waals surface area (Å²) in [6.07, 6.45) is 0.237. The fourth-order valence-electron chi connectivity index (χ4n) is 3.37. The number of hydrogen-bond donors (Lipinski definition) is 0. The first-order valence-electron chi connectivity index (χ1n) is 8.58. The number of ether oxygens (including phenoxy) is 2. The van der Waals surface area contributed by atoms with Crippen LogP contribution in [-0.2, 0) is 16.1 Å². The molecule has 1 aromatic heterocycles. The Morgan fingerprint density at radius 2 is 2.08 bits per heavy atom. The molecule has 1 saturated heterocycles. The van der Waals surface area contributed by atoms with Gasteiger partial charge in [-0.1, -0.05) is 0 Å². The van der Waals surface area contributed by atoms with Crippen molar-refractivity contribution in [1.82, 2.24) is 4.90 Å². The van der Waals surface area contributed by atoms with Gasteiger partial charge in [-0.3, -0.25) is 9.59 Å². The average Bonchev–Trinajstić information content (AvgIpc) is 3.30. The molecule has 0 radical (unpaired) electrons. The van der Waals surface area contributed by atoms with Gasteiger partial charge in [-0.15, -0.1) is 0 Å². The van der Waals surface area contributed by atoms with Crippen LogP contribution in [0.4, 0.5) is 5.69 Å². The Hall–Kier alpha value is -2.54. The van der Waals surface area contributed by atoms with E-state index >= 15 is 0 Å². The summed E-state index contributed by atoms with van der Waals surface area (Å²) in [5, 5.41) is 4.03. The maximum absolute atomic E-state index is 12.7. The van der Waals surface area contributed by atoms with Crippen molar-refractivity contribution in [3.8, 4) is 11.5 Å². The molecule has 0 aliphatic carbocycles. The van der Waals surface area contributed by atoms with Gasteiger partial charge in [-0.25, -0.2) is 0 Å². The van der Waals surface area contributed by atoms with E-state index in [-0.39, 0.29) is 24.2 Å². The number of hydrogen-bond acceptors (Lipinski definition) is 5. The van der Waals surface area contributed by atoms with E-state index in [4.69, 9.17) is 9.47 Å². The summed E-state index contributed by atoms with van der Waals surface area (Å²) in [4.78, 5) is 28.6. The monoisotopic (exact) mass is 372 g/mol. The smallest absolute Gasteiger partial charge is 0.228 e. The fourth-order valence-corrected chi connectivity index (χ4v) is 4.03. The number of rotatable bonds is 4. The van der Waals surface area contributed by atoms with Crippen molar-refractivity contribution in [2.24, 2.45) is 5.92 Å². The predicted octanol–water partition coefficient (Wildman–Crippen LogP) is 2.53. The molecule has 2 aromatic rings. The van der Waals surface area contributed by atoms with Crippen LogP contribution in [0.1, 0.15) is 12.0 Å². The van der Waals surface area contributed by atoms with Gasteiger partial charge in [0.25, 0.3) is 0 Å². The second kappa shape index (κ2) is 6.99. The van der Waals surface area contributed by atoms with Crippen LogP contribution in [0.2, 0.25) is 0 Å². The van der Waals surface area contributed by atoms with Crippen molar-refractivity contribution in [1.29, 1.82) is 0 Å². The Morgan fingerprint density at radius 1 is 1.27 bits per heavy atom. The third kappa shape index (κ3) is 3.26. The average molecular weight is 372 g/mol. The third-order valence-electron chi connectivity index (χ3n) is 4.69. The minimum Gasteiger partial charge on any atom is -0.486 e. The molecular formula is C19H20N2O4S. The molecule has 1 unspecified atom stereocenters. The molecule has 0 N–H and O–H groups in total. The molecule has 0 bridgehead atoms. The Balaban J connectivity index is 1.45. The number of carbonyl (C=O) groups excluding carboxylic acids is 2. The normalized spacial score (nSPS) is 18.9. The first-order chi connectivity index (χ1) is 12.6. The zero-order valence-corrected chi connectivity index (χ0v) is 15.3. The molecule has 1 fully saturated rings. The van der Waals surface area contributed by atoms with Crippen LogP contribution in [-0.4, -0.2) is 43.5 Å². The lowest BCUT2D eigenvalue weighted by Crippen LogP contribution is -2.34. The number of fused-ring (bicyclic) bond motifs is 1. The van der Waals surface area contributed by atoms with Crippen LogP contribution in [0.5, 0.6) is 11.5 Å². The van der Waals surface area contributed by atoms with Gasteiger partial charge in [-0.2, -0.15) is 11.3 Å². The predicted molar refractivity (Wildman–Crippen MR) is 98.7 cm³/mol. The molecule has 1 aromatic carbocycles. The summed E-state index contributed by atoms with van der Waals surface area (Å²) in [6.45, 7) is 1.99. The molecule has 2 amide bonds.